The van der Waals surface area contributed by atoms with Gasteiger partial charge in [0.25, 0.3) is 0 Å². The fraction of sp³-hybridized carbons (Fsp3) is 0.571. The average Bonchev–Trinajstić information content (AvgIpc) is 2.82. The van der Waals surface area contributed by atoms with E-state index in [0.717, 1.165) is 24.8 Å². The van der Waals surface area contributed by atoms with Crippen molar-refractivity contribution >= 4 is 5.69 Å². The van der Waals surface area contributed by atoms with Gasteiger partial charge in [0.1, 0.15) is 5.82 Å². The summed E-state index contributed by atoms with van der Waals surface area (Å²) in [5.41, 5.74) is 0.814. The molecule has 1 saturated carbocycles. The summed E-state index contributed by atoms with van der Waals surface area (Å²) in [5, 5.41) is 3.15. The van der Waals surface area contributed by atoms with Crippen molar-refractivity contribution in [3.63, 3.8) is 0 Å². The van der Waals surface area contributed by atoms with Crippen molar-refractivity contribution in [2.45, 2.75) is 25.7 Å². The second-order valence-corrected chi connectivity index (χ2v) is 4.66. The van der Waals surface area contributed by atoms with Crippen LogP contribution < -0.4 is 5.32 Å². The lowest BCUT2D eigenvalue weighted by Gasteiger charge is -2.11. The van der Waals surface area contributed by atoms with Crippen molar-refractivity contribution in [1.82, 2.24) is 0 Å². The van der Waals surface area contributed by atoms with Gasteiger partial charge in [-0.1, -0.05) is 18.9 Å². The van der Waals surface area contributed by atoms with Crippen LogP contribution >= 0.6 is 0 Å². The number of benzene rings is 1. The summed E-state index contributed by atoms with van der Waals surface area (Å²) >= 11 is 0. The molecule has 1 aromatic carbocycles. The van der Waals surface area contributed by atoms with E-state index >= 15 is 0 Å². The number of nitrogens with one attached hydrogen (secondary N) is 1. The number of hydrogen-bond donors (Lipinski definition) is 1. The van der Waals surface area contributed by atoms with Crippen LogP contribution in [0, 0.1) is 11.7 Å². The van der Waals surface area contributed by atoms with Gasteiger partial charge in [-0.3, -0.25) is 0 Å². The van der Waals surface area contributed by atoms with E-state index in [0.29, 0.717) is 6.61 Å². The van der Waals surface area contributed by atoms with E-state index in [1.807, 2.05) is 6.07 Å². The lowest BCUT2D eigenvalue weighted by molar-refractivity contribution is 0.109. The fourth-order valence-corrected chi connectivity index (χ4v) is 2.29. The molecule has 1 aromatic rings. The number of halogens is 1. The minimum atomic E-state index is -0.207. The topological polar surface area (TPSA) is 21.3 Å². The smallest absolute Gasteiger partial charge is 0.125 e. The first kappa shape index (κ1) is 12.4. The van der Waals surface area contributed by atoms with Crippen molar-refractivity contribution in [2.75, 3.05) is 25.1 Å². The Kier molecular flexibility index (Phi) is 4.80. The van der Waals surface area contributed by atoms with Gasteiger partial charge in [-0.2, -0.15) is 0 Å². The van der Waals surface area contributed by atoms with Gasteiger partial charge in [-0.25, -0.2) is 4.39 Å². The highest BCUT2D eigenvalue weighted by Gasteiger charge is 2.14. The second kappa shape index (κ2) is 6.60. The summed E-state index contributed by atoms with van der Waals surface area (Å²) in [6.07, 6.45) is 5.35. The molecule has 0 spiro atoms. The first-order chi connectivity index (χ1) is 8.34. The number of rotatable bonds is 6. The zero-order valence-corrected chi connectivity index (χ0v) is 10.1. The molecule has 2 nitrogen and oxygen atoms in total. The summed E-state index contributed by atoms with van der Waals surface area (Å²) in [6.45, 7) is 2.30. The Hall–Kier alpha value is -1.09. The SMILES string of the molecule is Fc1cccc(NCCOCC2CCCC2)c1. The lowest BCUT2D eigenvalue weighted by Crippen LogP contribution is -2.13. The third-order valence-corrected chi connectivity index (χ3v) is 3.23. The Labute approximate surface area is 102 Å². The average molecular weight is 237 g/mol. The fourth-order valence-electron chi connectivity index (χ4n) is 2.29. The molecule has 0 saturated heterocycles. The molecule has 1 aliphatic carbocycles. The molecule has 0 aliphatic heterocycles. The van der Waals surface area contributed by atoms with Crippen LogP contribution in [0.25, 0.3) is 0 Å². The molecule has 94 valence electrons. The summed E-state index contributed by atoms with van der Waals surface area (Å²) in [6, 6.07) is 6.51. The van der Waals surface area contributed by atoms with E-state index in [-0.39, 0.29) is 5.82 Å². The van der Waals surface area contributed by atoms with Gasteiger partial charge in [-0.15, -0.1) is 0 Å². The Balaban J connectivity index is 1.56. The predicted octanol–water partition coefficient (Wildman–Crippen LogP) is 3.44. The highest BCUT2D eigenvalue weighted by Crippen LogP contribution is 2.24. The summed E-state index contributed by atoms with van der Waals surface area (Å²) in [7, 11) is 0. The van der Waals surface area contributed by atoms with E-state index in [1.165, 1.54) is 37.8 Å². The molecule has 0 amide bonds. The number of ether oxygens (including phenoxy) is 1. The van der Waals surface area contributed by atoms with Gasteiger partial charge in [0.05, 0.1) is 6.61 Å². The molecule has 0 unspecified atom stereocenters. The zero-order valence-electron chi connectivity index (χ0n) is 10.1. The Morgan fingerprint density at radius 1 is 1.29 bits per heavy atom. The maximum Gasteiger partial charge on any atom is 0.125 e. The Bertz CT molecular complexity index is 337. The first-order valence-electron chi connectivity index (χ1n) is 6.42. The van der Waals surface area contributed by atoms with Crippen LogP contribution in [0.3, 0.4) is 0 Å². The van der Waals surface area contributed by atoms with Gasteiger partial charge in [0.2, 0.25) is 0 Å². The lowest BCUT2D eigenvalue weighted by atomic mass is 10.1. The third-order valence-electron chi connectivity index (χ3n) is 3.23. The third kappa shape index (κ3) is 4.35. The van der Waals surface area contributed by atoms with Crippen molar-refractivity contribution in [1.29, 1.82) is 0 Å². The van der Waals surface area contributed by atoms with Gasteiger partial charge < -0.3 is 10.1 Å². The van der Waals surface area contributed by atoms with E-state index in [1.54, 1.807) is 6.07 Å². The van der Waals surface area contributed by atoms with Crippen LogP contribution in [0.5, 0.6) is 0 Å². The van der Waals surface area contributed by atoms with Crippen LogP contribution in [0.1, 0.15) is 25.7 Å². The van der Waals surface area contributed by atoms with Gasteiger partial charge in [-0.05, 0) is 37.0 Å². The molecule has 0 bridgehead atoms. The van der Waals surface area contributed by atoms with E-state index < -0.39 is 0 Å². The Morgan fingerprint density at radius 2 is 2.12 bits per heavy atom. The van der Waals surface area contributed by atoms with Crippen LogP contribution in [-0.4, -0.2) is 19.8 Å². The van der Waals surface area contributed by atoms with Gasteiger partial charge in [0, 0.05) is 18.8 Å². The molecule has 1 N–H and O–H groups in total. The normalized spacial score (nSPS) is 16.3. The molecule has 0 heterocycles. The van der Waals surface area contributed by atoms with E-state index in [9.17, 15) is 4.39 Å². The molecular weight excluding hydrogens is 217 g/mol. The molecule has 0 aromatic heterocycles. The first-order valence-corrected chi connectivity index (χ1v) is 6.42. The van der Waals surface area contributed by atoms with Crippen molar-refractivity contribution < 1.29 is 9.13 Å². The molecule has 17 heavy (non-hydrogen) atoms. The van der Waals surface area contributed by atoms with Crippen molar-refractivity contribution in [2.24, 2.45) is 5.92 Å². The number of hydrogen-bond acceptors (Lipinski definition) is 2. The van der Waals surface area contributed by atoms with E-state index in [4.69, 9.17) is 4.74 Å². The molecule has 1 aliphatic rings. The molecule has 3 heteroatoms. The van der Waals surface area contributed by atoms with Crippen molar-refractivity contribution in [3.8, 4) is 0 Å². The maximum atomic E-state index is 12.9. The van der Waals surface area contributed by atoms with E-state index in [2.05, 4.69) is 5.32 Å². The monoisotopic (exact) mass is 237 g/mol. The molecular formula is C14H20FNO. The molecule has 0 atom stereocenters. The highest BCUT2D eigenvalue weighted by atomic mass is 19.1. The second-order valence-electron chi connectivity index (χ2n) is 4.66. The minimum absolute atomic E-state index is 0.207. The standard InChI is InChI=1S/C14H20FNO/c15-13-6-3-7-14(10-13)16-8-9-17-11-12-4-1-2-5-12/h3,6-7,10,12,16H,1-2,4-5,8-9,11H2. The van der Waals surface area contributed by atoms with Crippen LogP contribution in [0.15, 0.2) is 24.3 Å². The number of anilines is 1. The molecule has 1 fully saturated rings. The van der Waals surface area contributed by atoms with Crippen LogP contribution in [0.4, 0.5) is 10.1 Å². The minimum Gasteiger partial charge on any atom is -0.383 e. The summed E-state index contributed by atoms with van der Waals surface area (Å²) in [4.78, 5) is 0. The summed E-state index contributed by atoms with van der Waals surface area (Å²) in [5.74, 6) is 0.561. The summed E-state index contributed by atoms with van der Waals surface area (Å²) < 4.78 is 18.5. The Morgan fingerprint density at radius 3 is 2.88 bits per heavy atom. The molecule has 2 rings (SSSR count). The zero-order chi connectivity index (χ0) is 11.9. The highest BCUT2D eigenvalue weighted by molar-refractivity contribution is 5.42. The largest absolute Gasteiger partial charge is 0.383 e. The van der Waals surface area contributed by atoms with Crippen LogP contribution in [0.2, 0.25) is 0 Å². The predicted molar refractivity (Wildman–Crippen MR) is 67.7 cm³/mol. The maximum absolute atomic E-state index is 12.9. The quantitative estimate of drug-likeness (QED) is 0.765. The van der Waals surface area contributed by atoms with Crippen molar-refractivity contribution in [3.05, 3.63) is 30.1 Å². The molecule has 0 radical (unpaired) electrons. The van der Waals surface area contributed by atoms with Crippen LogP contribution in [-0.2, 0) is 4.74 Å². The van der Waals surface area contributed by atoms with Gasteiger partial charge >= 0.3 is 0 Å². The van der Waals surface area contributed by atoms with Gasteiger partial charge in [0.15, 0.2) is 0 Å².